The van der Waals surface area contributed by atoms with Gasteiger partial charge in [0.05, 0.1) is 5.02 Å². The van der Waals surface area contributed by atoms with Gasteiger partial charge in [0.15, 0.2) is 0 Å². The quantitative estimate of drug-likeness (QED) is 0.622. The van der Waals surface area contributed by atoms with Crippen LogP contribution < -0.4 is 0 Å². The summed E-state index contributed by atoms with van der Waals surface area (Å²) >= 11 is 9.45. The molecule has 6 heteroatoms. The molecule has 0 aliphatic carbocycles. The molecule has 2 aromatic carbocycles. The molecule has 2 nitrogen and oxygen atoms in total. The van der Waals surface area contributed by atoms with Crippen LogP contribution in [-0.2, 0) is 0 Å². The van der Waals surface area contributed by atoms with Crippen molar-refractivity contribution < 1.29 is 13.6 Å². The highest BCUT2D eigenvalue weighted by atomic mass is 79.9. The molecule has 1 saturated heterocycles. The van der Waals surface area contributed by atoms with E-state index in [9.17, 15) is 13.6 Å². The van der Waals surface area contributed by atoms with E-state index in [4.69, 9.17) is 11.6 Å². The molecule has 1 fully saturated rings. The second-order valence-electron chi connectivity index (χ2n) is 5.85. The first-order chi connectivity index (χ1) is 11.4. The van der Waals surface area contributed by atoms with Gasteiger partial charge in [-0.05, 0) is 51.3 Å². The highest BCUT2D eigenvalue weighted by Crippen LogP contribution is 2.30. The highest BCUT2D eigenvalue weighted by molar-refractivity contribution is 9.10. The average molecular weight is 415 g/mol. The molecule has 0 unspecified atom stereocenters. The second kappa shape index (κ2) is 6.81. The zero-order chi connectivity index (χ0) is 17.3. The molecule has 0 N–H and O–H groups in total. The Morgan fingerprint density at radius 2 is 1.62 bits per heavy atom. The van der Waals surface area contributed by atoms with Crippen molar-refractivity contribution in [3.63, 3.8) is 0 Å². The Bertz CT molecular complexity index is 754. The second-order valence-corrected chi connectivity index (χ2v) is 7.12. The van der Waals surface area contributed by atoms with E-state index in [2.05, 4.69) is 15.9 Å². The standard InChI is InChI=1S/C18H15BrClF2NO/c19-15-6-5-14(11-16(15)20)12-1-3-13(4-2-12)17(24)23-9-7-18(21,22)8-10-23/h1-6,11H,7-10H2. The molecular weight excluding hydrogens is 400 g/mol. The molecule has 2 aromatic rings. The van der Waals surface area contributed by atoms with E-state index in [1.54, 1.807) is 12.1 Å². The smallest absolute Gasteiger partial charge is 0.253 e. The predicted molar refractivity (Wildman–Crippen MR) is 94.7 cm³/mol. The Balaban J connectivity index is 1.74. The van der Waals surface area contributed by atoms with Gasteiger partial charge in [-0.15, -0.1) is 0 Å². The fourth-order valence-corrected chi connectivity index (χ4v) is 3.13. The molecule has 24 heavy (non-hydrogen) atoms. The van der Waals surface area contributed by atoms with E-state index >= 15 is 0 Å². The molecule has 0 spiro atoms. The SMILES string of the molecule is O=C(c1ccc(-c2ccc(Br)c(Cl)c2)cc1)N1CCC(F)(F)CC1. The Labute approximate surface area is 152 Å². The molecule has 1 aliphatic heterocycles. The van der Waals surface area contributed by atoms with Gasteiger partial charge in [0.2, 0.25) is 0 Å². The Morgan fingerprint density at radius 1 is 1.04 bits per heavy atom. The third-order valence-electron chi connectivity index (χ3n) is 4.17. The zero-order valence-electron chi connectivity index (χ0n) is 12.7. The number of amides is 1. The van der Waals surface area contributed by atoms with E-state index in [1.165, 1.54) is 4.90 Å². The monoisotopic (exact) mass is 413 g/mol. The minimum Gasteiger partial charge on any atom is -0.338 e. The number of alkyl halides is 2. The molecule has 1 amide bonds. The molecule has 1 aliphatic rings. The fourth-order valence-electron chi connectivity index (χ4n) is 2.70. The number of hydrogen-bond donors (Lipinski definition) is 0. The predicted octanol–water partition coefficient (Wildman–Crippen LogP) is 5.64. The summed E-state index contributed by atoms with van der Waals surface area (Å²) in [4.78, 5) is 13.9. The molecule has 0 atom stereocenters. The van der Waals surface area contributed by atoms with Crippen LogP contribution >= 0.6 is 27.5 Å². The van der Waals surface area contributed by atoms with Crippen molar-refractivity contribution in [1.29, 1.82) is 0 Å². The summed E-state index contributed by atoms with van der Waals surface area (Å²) in [6.07, 6.45) is -0.539. The van der Waals surface area contributed by atoms with Crippen LogP contribution in [0, 0.1) is 0 Å². The number of rotatable bonds is 2. The summed E-state index contributed by atoms with van der Waals surface area (Å²) in [5.41, 5.74) is 2.39. The molecule has 0 saturated carbocycles. The zero-order valence-corrected chi connectivity index (χ0v) is 15.1. The first-order valence-corrected chi connectivity index (χ1v) is 8.75. The van der Waals surface area contributed by atoms with E-state index in [0.29, 0.717) is 10.6 Å². The summed E-state index contributed by atoms with van der Waals surface area (Å²) in [5, 5.41) is 0.613. The summed E-state index contributed by atoms with van der Waals surface area (Å²) in [6, 6.07) is 12.8. The molecule has 1 heterocycles. The van der Waals surface area contributed by atoms with Crippen molar-refractivity contribution in [2.24, 2.45) is 0 Å². The number of likely N-dealkylation sites (tertiary alicyclic amines) is 1. The van der Waals surface area contributed by atoms with Crippen LogP contribution in [0.4, 0.5) is 8.78 Å². The molecule has 0 radical (unpaired) electrons. The van der Waals surface area contributed by atoms with Gasteiger partial charge in [0, 0.05) is 36.0 Å². The van der Waals surface area contributed by atoms with Crippen LogP contribution in [0.3, 0.4) is 0 Å². The van der Waals surface area contributed by atoms with Crippen molar-refractivity contribution in [3.8, 4) is 11.1 Å². The van der Waals surface area contributed by atoms with Crippen molar-refractivity contribution in [3.05, 3.63) is 57.5 Å². The molecular formula is C18H15BrClF2NO. The number of benzene rings is 2. The van der Waals surface area contributed by atoms with E-state index in [1.807, 2.05) is 30.3 Å². The van der Waals surface area contributed by atoms with Gasteiger partial charge in [0.1, 0.15) is 0 Å². The van der Waals surface area contributed by atoms with E-state index < -0.39 is 5.92 Å². The molecule has 0 aromatic heterocycles. The van der Waals surface area contributed by atoms with Crippen LogP contribution in [-0.4, -0.2) is 29.8 Å². The van der Waals surface area contributed by atoms with Crippen LogP contribution in [0.15, 0.2) is 46.9 Å². The number of carbonyl (C=O) groups is 1. The Morgan fingerprint density at radius 3 is 2.21 bits per heavy atom. The van der Waals surface area contributed by atoms with Gasteiger partial charge in [-0.3, -0.25) is 4.79 Å². The average Bonchev–Trinajstić information content (AvgIpc) is 2.57. The van der Waals surface area contributed by atoms with E-state index in [-0.39, 0.29) is 31.8 Å². The summed E-state index contributed by atoms with van der Waals surface area (Å²) in [6.45, 7) is 0.186. The van der Waals surface area contributed by atoms with Crippen LogP contribution in [0.1, 0.15) is 23.2 Å². The first-order valence-electron chi connectivity index (χ1n) is 7.58. The lowest BCUT2D eigenvalue weighted by atomic mass is 10.0. The third kappa shape index (κ3) is 3.78. The third-order valence-corrected chi connectivity index (χ3v) is 5.40. The lowest BCUT2D eigenvalue weighted by molar-refractivity contribution is -0.0494. The van der Waals surface area contributed by atoms with Crippen molar-refractivity contribution in [1.82, 2.24) is 4.90 Å². The number of carbonyl (C=O) groups excluding carboxylic acids is 1. The van der Waals surface area contributed by atoms with Crippen LogP contribution in [0.2, 0.25) is 5.02 Å². The number of piperidine rings is 1. The normalized spacial score (nSPS) is 16.9. The number of hydrogen-bond acceptors (Lipinski definition) is 1. The van der Waals surface area contributed by atoms with Gasteiger partial charge in [-0.1, -0.05) is 29.8 Å². The van der Waals surface area contributed by atoms with Gasteiger partial charge < -0.3 is 4.90 Å². The lowest BCUT2D eigenvalue weighted by Gasteiger charge is -2.31. The highest BCUT2D eigenvalue weighted by Gasteiger charge is 2.35. The fraction of sp³-hybridized carbons (Fsp3) is 0.278. The van der Waals surface area contributed by atoms with Gasteiger partial charge >= 0.3 is 0 Å². The van der Waals surface area contributed by atoms with Crippen molar-refractivity contribution >= 4 is 33.4 Å². The summed E-state index contributed by atoms with van der Waals surface area (Å²) in [5.74, 6) is -2.85. The summed E-state index contributed by atoms with van der Waals surface area (Å²) in [7, 11) is 0. The number of halogens is 4. The van der Waals surface area contributed by atoms with E-state index in [0.717, 1.165) is 15.6 Å². The van der Waals surface area contributed by atoms with Crippen LogP contribution in [0.25, 0.3) is 11.1 Å². The topological polar surface area (TPSA) is 20.3 Å². The first kappa shape index (κ1) is 17.4. The maximum Gasteiger partial charge on any atom is 0.253 e. The summed E-state index contributed by atoms with van der Waals surface area (Å²) < 4.78 is 27.2. The minimum atomic E-state index is -2.65. The van der Waals surface area contributed by atoms with Crippen molar-refractivity contribution in [2.45, 2.75) is 18.8 Å². The maximum absolute atomic E-state index is 13.2. The van der Waals surface area contributed by atoms with Gasteiger partial charge in [0.25, 0.3) is 11.8 Å². The lowest BCUT2D eigenvalue weighted by Crippen LogP contribution is -2.42. The maximum atomic E-state index is 13.2. The van der Waals surface area contributed by atoms with Crippen LogP contribution in [0.5, 0.6) is 0 Å². The minimum absolute atomic E-state index is 0.0932. The van der Waals surface area contributed by atoms with Crippen molar-refractivity contribution in [2.75, 3.05) is 13.1 Å². The Kier molecular flexibility index (Phi) is 4.92. The number of nitrogens with zero attached hydrogens (tertiary/aromatic N) is 1. The molecule has 0 bridgehead atoms. The van der Waals surface area contributed by atoms with Gasteiger partial charge in [-0.25, -0.2) is 8.78 Å². The molecule has 3 rings (SSSR count). The largest absolute Gasteiger partial charge is 0.338 e. The molecule has 126 valence electrons. The van der Waals surface area contributed by atoms with Gasteiger partial charge in [-0.2, -0.15) is 0 Å². The Hall–Kier alpha value is -1.46.